The molecule has 1 aromatic heterocycles. The lowest BCUT2D eigenvalue weighted by molar-refractivity contribution is 0.297. The summed E-state index contributed by atoms with van der Waals surface area (Å²) >= 11 is 3.48. The van der Waals surface area contributed by atoms with Crippen molar-refractivity contribution in [2.24, 2.45) is 0 Å². The van der Waals surface area contributed by atoms with E-state index in [1.165, 1.54) is 16.7 Å². The molecule has 94 valence electrons. The van der Waals surface area contributed by atoms with Crippen LogP contribution in [0, 0.1) is 13.8 Å². The van der Waals surface area contributed by atoms with Crippen LogP contribution in [0.2, 0.25) is 0 Å². The van der Waals surface area contributed by atoms with Gasteiger partial charge in [0.1, 0.15) is 12.4 Å². The number of hydrogen-bond acceptors (Lipinski definition) is 2. The number of ether oxygens (including phenoxy) is 1. The van der Waals surface area contributed by atoms with E-state index in [4.69, 9.17) is 4.74 Å². The summed E-state index contributed by atoms with van der Waals surface area (Å²) in [5, 5.41) is 0.870. The molecule has 0 N–H and O–H groups in total. The van der Waals surface area contributed by atoms with Crippen LogP contribution in [0.1, 0.15) is 22.4 Å². The van der Waals surface area contributed by atoms with Gasteiger partial charge in [-0.15, -0.1) is 0 Å². The Bertz CT molecular complexity index is 502. The first-order valence-corrected chi connectivity index (χ1v) is 7.01. The Kier molecular flexibility index (Phi) is 4.37. The Hall–Kier alpha value is -1.35. The molecule has 2 aromatic rings. The highest BCUT2D eigenvalue weighted by atomic mass is 79.9. The van der Waals surface area contributed by atoms with Gasteiger partial charge in [0.05, 0.1) is 5.69 Å². The van der Waals surface area contributed by atoms with Gasteiger partial charge < -0.3 is 4.74 Å². The molecule has 0 radical (unpaired) electrons. The van der Waals surface area contributed by atoms with Crippen LogP contribution in [0.3, 0.4) is 0 Å². The molecule has 2 rings (SSSR count). The fraction of sp³-hybridized carbons (Fsp3) is 0.267. The van der Waals surface area contributed by atoms with E-state index in [1.807, 2.05) is 18.2 Å². The van der Waals surface area contributed by atoms with Gasteiger partial charge >= 0.3 is 0 Å². The number of nitrogens with zero attached hydrogens (tertiary/aromatic N) is 1. The van der Waals surface area contributed by atoms with Gasteiger partial charge in [0, 0.05) is 11.5 Å². The summed E-state index contributed by atoms with van der Waals surface area (Å²) in [5.41, 5.74) is 4.55. The Morgan fingerprint density at radius 3 is 2.44 bits per heavy atom. The summed E-state index contributed by atoms with van der Waals surface area (Å²) in [5.74, 6) is 0.963. The minimum absolute atomic E-state index is 0.510. The molecule has 0 bridgehead atoms. The normalized spacial score (nSPS) is 10.4. The maximum Gasteiger partial charge on any atom is 0.130 e. The quantitative estimate of drug-likeness (QED) is 0.791. The van der Waals surface area contributed by atoms with Gasteiger partial charge in [0.25, 0.3) is 0 Å². The summed E-state index contributed by atoms with van der Waals surface area (Å²) < 4.78 is 5.88. The van der Waals surface area contributed by atoms with Gasteiger partial charge in [0.2, 0.25) is 0 Å². The van der Waals surface area contributed by atoms with E-state index in [0.29, 0.717) is 6.61 Å². The predicted molar refractivity (Wildman–Crippen MR) is 77.1 cm³/mol. The lowest BCUT2D eigenvalue weighted by Crippen LogP contribution is -2.01. The number of alkyl halides is 1. The maximum absolute atomic E-state index is 5.88. The predicted octanol–water partition coefficient (Wildman–Crippen LogP) is 4.17. The van der Waals surface area contributed by atoms with Gasteiger partial charge in [-0.3, -0.25) is 4.98 Å². The van der Waals surface area contributed by atoms with Crippen LogP contribution < -0.4 is 4.74 Å². The van der Waals surface area contributed by atoms with Crippen LogP contribution in [-0.2, 0) is 11.9 Å². The highest BCUT2D eigenvalue weighted by Crippen LogP contribution is 2.26. The SMILES string of the molecule is Cc1cc(CBr)cc(C)c1OCc1ccccn1. The Morgan fingerprint density at radius 2 is 1.89 bits per heavy atom. The molecule has 0 spiro atoms. The first kappa shape index (κ1) is 13.1. The molecule has 1 aromatic carbocycles. The molecular formula is C15H16BrNO. The average molecular weight is 306 g/mol. The molecule has 0 unspecified atom stereocenters. The first-order valence-electron chi connectivity index (χ1n) is 5.89. The van der Waals surface area contributed by atoms with Crippen LogP contribution in [0.5, 0.6) is 5.75 Å². The Balaban J connectivity index is 2.15. The molecular weight excluding hydrogens is 290 g/mol. The third-order valence-electron chi connectivity index (χ3n) is 2.76. The number of pyridine rings is 1. The third-order valence-corrected chi connectivity index (χ3v) is 3.41. The molecule has 0 aliphatic rings. The van der Waals surface area contributed by atoms with Crippen molar-refractivity contribution in [3.8, 4) is 5.75 Å². The Labute approximate surface area is 116 Å². The number of benzene rings is 1. The molecule has 0 atom stereocenters. The van der Waals surface area contributed by atoms with Gasteiger partial charge in [-0.2, -0.15) is 0 Å². The van der Waals surface area contributed by atoms with Gasteiger partial charge in [-0.25, -0.2) is 0 Å². The highest BCUT2D eigenvalue weighted by Gasteiger charge is 2.06. The second-order valence-electron chi connectivity index (χ2n) is 4.30. The summed E-state index contributed by atoms with van der Waals surface area (Å²) in [6.07, 6.45) is 1.78. The molecule has 0 aliphatic heterocycles. The van der Waals surface area contributed by atoms with Crippen molar-refractivity contribution in [3.63, 3.8) is 0 Å². The highest BCUT2D eigenvalue weighted by molar-refractivity contribution is 9.08. The van der Waals surface area contributed by atoms with Gasteiger partial charge in [-0.1, -0.05) is 34.1 Å². The number of aryl methyl sites for hydroxylation is 2. The molecule has 0 fully saturated rings. The third kappa shape index (κ3) is 3.10. The van der Waals surface area contributed by atoms with E-state index in [-0.39, 0.29) is 0 Å². The number of halogens is 1. The fourth-order valence-electron chi connectivity index (χ4n) is 1.97. The lowest BCUT2D eigenvalue weighted by atomic mass is 10.1. The number of rotatable bonds is 4. The fourth-order valence-corrected chi connectivity index (χ4v) is 2.30. The maximum atomic E-state index is 5.88. The number of aromatic nitrogens is 1. The van der Waals surface area contributed by atoms with Crippen molar-refractivity contribution < 1.29 is 4.74 Å². The molecule has 0 aliphatic carbocycles. The van der Waals surface area contributed by atoms with Crippen molar-refractivity contribution >= 4 is 15.9 Å². The molecule has 0 saturated carbocycles. The first-order chi connectivity index (χ1) is 8.70. The van der Waals surface area contributed by atoms with Crippen molar-refractivity contribution in [2.45, 2.75) is 25.8 Å². The topological polar surface area (TPSA) is 22.1 Å². The van der Waals surface area contributed by atoms with Crippen LogP contribution in [-0.4, -0.2) is 4.98 Å². The van der Waals surface area contributed by atoms with E-state index in [0.717, 1.165) is 16.8 Å². The van der Waals surface area contributed by atoms with Crippen molar-refractivity contribution in [2.75, 3.05) is 0 Å². The molecule has 1 heterocycles. The molecule has 0 saturated heterocycles. The second-order valence-corrected chi connectivity index (χ2v) is 4.86. The summed E-state index contributed by atoms with van der Waals surface area (Å²) in [4.78, 5) is 4.25. The molecule has 2 nitrogen and oxygen atoms in total. The lowest BCUT2D eigenvalue weighted by Gasteiger charge is -2.13. The van der Waals surface area contributed by atoms with E-state index in [2.05, 4.69) is 46.9 Å². The van der Waals surface area contributed by atoms with Crippen LogP contribution in [0.15, 0.2) is 36.5 Å². The van der Waals surface area contributed by atoms with E-state index in [1.54, 1.807) is 6.20 Å². The second kappa shape index (κ2) is 6.01. The summed E-state index contributed by atoms with van der Waals surface area (Å²) in [6.45, 7) is 4.66. The zero-order valence-corrected chi connectivity index (χ0v) is 12.2. The standard InChI is InChI=1S/C15H16BrNO/c1-11-7-13(9-16)8-12(2)15(11)18-10-14-5-3-4-6-17-14/h3-8H,9-10H2,1-2H3. The van der Waals surface area contributed by atoms with Crippen LogP contribution in [0.4, 0.5) is 0 Å². The summed E-state index contributed by atoms with van der Waals surface area (Å²) in [6, 6.07) is 10.1. The van der Waals surface area contributed by atoms with E-state index in [9.17, 15) is 0 Å². The van der Waals surface area contributed by atoms with Crippen molar-refractivity contribution in [1.29, 1.82) is 0 Å². The van der Waals surface area contributed by atoms with E-state index < -0.39 is 0 Å². The minimum atomic E-state index is 0.510. The molecule has 3 heteroatoms. The summed E-state index contributed by atoms with van der Waals surface area (Å²) in [7, 11) is 0. The zero-order chi connectivity index (χ0) is 13.0. The minimum Gasteiger partial charge on any atom is -0.487 e. The Morgan fingerprint density at radius 1 is 1.17 bits per heavy atom. The smallest absolute Gasteiger partial charge is 0.130 e. The van der Waals surface area contributed by atoms with Gasteiger partial charge in [-0.05, 0) is 42.7 Å². The van der Waals surface area contributed by atoms with Crippen LogP contribution in [0.25, 0.3) is 0 Å². The largest absolute Gasteiger partial charge is 0.487 e. The van der Waals surface area contributed by atoms with Gasteiger partial charge in [0.15, 0.2) is 0 Å². The molecule has 0 amide bonds. The van der Waals surface area contributed by atoms with E-state index >= 15 is 0 Å². The zero-order valence-electron chi connectivity index (χ0n) is 10.6. The molecule has 18 heavy (non-hydrogen) atoms. The average Bonchev–Trinajstić information content (AvgIpc) is 2.38. The van der Waals surface area contributed by atoms with Crippen LogP contribution >= 0.6 is 15.9 Å². The van der Waals surface area contributed by atoms with Crippen molar-refractivity contribution in [3.05, 3.63) is 58.9 Å². The van der Waals surface area contributed by atoms with Crippen molar-refractivity contribution in [1.82, 2.24) is 4.98 Å². The number of hydrogen-bond donors (Lipinski definition) is 0. The monoisotopic (exact) mass is 305 g/mol.